The molecule has 1 N–H and O–H groups in total. The smallest absolute Gasteiger partial charge is 0.408 e. The van der Waals surface area contributed by atoms with Gasteiger partial charge in [0.1, 0.15) is 18.1 Å². The maximum Gasteiger partial charge on any atom is 0.573 e. The Hall–Kier alpha value is -3.47. The highest BCUT2D eigenvalue weighted by Crippen LogP contribution is 2.26. The lowest BCUT2D eigenvalue weighted by molar-refractivity contribution is -0.274. The van der Waals surface area contributed by atoms with Crippen molar-refractivity contribution >= 4 is 39.6 Å². The van der Waals surface area contributed by atoms with Crippen molar-refractivity contribution in [3.05, 3.63) is 57.8 Å². The molecule has 1 amide bonds. The van der Waals surface area contributed by atoms with Crippen molar-refractivity contribution in [1.82, 2.24) is 19.4 Å². The van der Waals surface area contributed by atoms with Gasteiger partial charge >= 0.3 is 12.1 Å². The molecule has 0 aliphatic heterocycles. The second-order valence-corrected chi connectivity index (χ2v) is 7.16. The Labute approximate surface area is 176 Å². The summed E-state index contributed by atoms with van der Waals surface area (Å²) in [5, 5.41) is 0.534. The Morgan fingerprint density at radius 1 is 1.29 bits per heavy atom. The van der Waals surface area contributed by atoms with Crippen LogP contribution in [0.5, 0.6) is 5.75 Å². The van der Waals surface area contributed by atoms with Gasteiger partial charge in [0.05, 0.1) is 23.1 Å². The van der Waals surface area contributed by atoms with Crippen molar-refractivity contribution in [2.45, 2.75) is 19.5 Å². The van der Waals surface area contributed by atoms with E-state index in [9.17, 15) is 22.8 Å². The molecule has 8 nitrogen and oxygen atoms in total. The first kappa shape index (κ1) is 20.8. The standard InChI is InChI=1S/C19H14ClF3N4O4/c1-26(8-16-24-12-4-2-10(20)6-13(12)25-16)17(28)9-27-14-7-11(31-19(21,22)23)3-5-15(14)30-18(27)29/h2-7H,8-9H2,1H3,(H,24,25). The average molecular weight is 455 g/mol. The minimum absolute atomic E-state index is 0.00637. The maximum absolute atomic E-state index is 12.6. The van der Waals surface area contributed by atoms with Crippen molar-refractivity contribution < 1.29 is 27.1 Å². The van der Waals surface area contributed by atoms with Crippen molar-refractivity contribution in [1.29, 1.82) is 0 Å². The summed E-state index contributed by atoms with van der Waals surface area (Å²) in [5.41, 5.74) is 1.42. The monoisotopic (exact) mass is 454 g/mol. The molecule has 0 saturated heterocycles. The molecule has 0 bridgehead atoms. The summed E-state index contributed by atoms with van der Waals surface area (Å²) in [7, 11) is 1.51. The van der Waals surface area contributed by atoms with Gasteiger partial charge in [-0.2, -0.15) is 0 Å². The third-order valence-electron chi connectivity index (χ3n) is 4.47. The van der Waals surface area contributed by atoms with Crippen LogP contribution in [0.15, 0.2) is 45.6 Å². The number of amides is 1. The van der Waals surface area contributed by atoms with Gasteiger partial charge in [-0.3, -0.25) is 9.36 Å². The lowest BCUT2D eigenvalue weighted by Crippen LogP contribution is -2.32. The van der Waals surface area contributed by atoms with E-state index in [0.29, 0.717) is 21.9 Å². The molecule has 12 heteroatoms. The molecule has 4 aromatic rings. The third kappa shape index (κ3) is 4.50. The van der Waals surface area contributed by atoms with Crippen molar-refractivity contribution in [2.75, 3.05) is 7.05 Å². The minimum atomic E-state index is -4.89. The highest BCUT2D eigenvalue weighted by atomic mass is 35.5. The summed E-state index contributed by atoms with van der Waals surface area (Å²) in [6.07, 6.45) is -4.89. The second-order valence-electron chi connectivity index (χ2n) is 6.73. The Morgan fingerprint density at radius 3 is 2.81 bits per heavy atom. The van der Waals surface area contributed by atoms with E-state index in [0.717, 1.165) is 16.7 Å². The molecule has 2 aromatic heterocycles. The number of likely N-dealkylation sites (N-methyl/N-ethyl adjacent to an activating group) is 1. The number of carbonyl (C=O) groups is 1. The third-order valence-corrected chi connectivity index (χ3v) is 4.71. The van der Waals surface area contributed by atoms with Gasteiger partial charge in [-0.15, -0.1) is 13.2 Å². The van der Waals surface area contributed by atoms with Gasteiger partial charge in [0, 0.05) is 18.1 Å². The van der Waals surface area contributed by atoms with E-state index < -0.39 is 30.3 Å². The van der Waals surface area contributed by atoms with E-state index in [-0.39, 0.29) is 17.6 Å². The number of imidazole rings is 1. The molecular weight excluding hydrogens is 441 g/mol. The number of oxazole rings is 1. The van der Waals surface area contributed by atoms with Gasteiger partial charge in [0.25, 0.3) is 0 Å². The predicted molar refractivity (Wildman–Crippen MR) is 105 cm³/mol. The van der Waals surface area contributed by atoms with Crippen molar-refractivity contribution in [3.63, 3.8) is 0 Å². The number of carbonyl (C=O) groups excluding carboxylic acids is 1. The quantitative estimate of drug-likeness (QED) is 0.496. The molecule has 2 aromatic carbocycles. The zero-order valence-corrected chi connectivity index (χ0v) is 16.6. The highest BCUT2D eigenvalue weighted by molar-refractivity contribution is 6.31. The van der Waals surface area contributed by atoms with Gasteiger partial charge in [0.2, 0.25) is 5.91 Å². The van der Waals surface area contributed by atoms with Crippen LogP contribution in [0, 0.1) is 0 Å². The maximum atomic E-state index is 12.6. The van der Waals surface area contributed by atoms with Gasteiger partial charge in [-0.05, 0) is 30.3 Å². The molecule has 0 fully saturated rings. The van der Waals surface area contributed by atoms with Gasteiger partial charge < -0.3 is 19.0 Å². The molecule has 162 valence electrons. The number of aromatic nitrogens is 3. The molecule has 0 spiro atoms. The van der Waals surface area contributed by atoms with Crippen LogP contribution in [-0.2, 0) is 17.9 Å². The van der Waals surface area contributed by atoms with E-state index in [1.54, 1.807) is 18.2 Å². The molecule has 0 radical (unpaired) electrons. The predicted octanol–water partition coefficient (Wildman–Crippen LogP) is 3.68. The van der Waals surface area contributed by atoms with Crippen LogP contribution in [0.25, 0.3) is 22.1 Å². The number of halogens is 4. The fourth-order valence-electron chi connectivity index (χ4n) is 3.07. The Balaban J connectivity index is 1.54. The number of benzene rings is 2. The molecule has 0 aliphatic rings. The van der Waals surface area contributed by atoms with E-state index in [1.807, 2.05) is 0 Å². The van der Waals surface area contributed by atoms with Crippen LogP contribution in [0.2, 0.25) is 5.02 Å². The van der Waals surface area contributed by atoms with E-state index in [1.165, 1.54) is 18.0 Å². The highest BCUT2D eigenvalue weighted by Gasteiger charge is 2.31. The molecular formula is C19H14ClF3N4O4. The number of alkyl halides is 3. The number of nitrogens with zero attached hydrogens (tertiary/aromatic N) is 3. The van der Waals surface area contributed by atoms with Crippen LogP contribution < -0.4 is 10.5 Å². The van der Waals surface area contributed by atoms with Crippen molar-refractivity contribution in [2.24, 2.45) is 0 Å². The molecule has 31 heavy (non-hydrogen) atoms. The molecule has 0 aliphatic carbocycles. The molecule has 0 atom stereocenters. The van der Waals surface area contributed by atoms with Gasteiger partial charge in [-0.1, -0.05) is 11.6 Å². The van der Waals surface area contributed by atoms with Crippen molar-refractivity contribution in [3.8, 4) is 5.75 Å². The van der Waals surface area contributed by atoms with Gasteiger partial charge in [0.15, 0.2) is 5.58 Å². The lowest BCUT2D eigenvalue weighted by atomic mass is 10.3. The minimum Gasteiger partial charge on any atom is -0.408 e. The number of aromatic amines is 1. The summed E-state index contributed by atoms with van der Waals surface area (Å²) in [6.45, 7) is -0.331. The number of H-pyrrole nitrogens is 1. The number of rotatable bonds is 5. The number of ether oxygens (including phenoxy) is 1. The Bertz CT molecular complexity index is 1340. The lowest BCUT2D eigenvalue weighted by Gasteiger charge is -2.16. The fourth-order valence-corrected chi connectivity index (χ4v) is 3.24. The van der Waals surface area contributed by atoms with Crippen LogP contribution >= 0.6 is 11.6 Å². The zero-order valence-electron chi connectivity index (χ0n) is 15.9. The van der Waals surface area contributed by atoms with Crippen LogP contribution in [0.3, 0.4) is 0 Å². The SMILES string of the molecule is CN(Cc1nc2ccc(Cl)cc2[nH]1)C(=O)Cn1c(=O)oc2ccc(OC(F)(F)F)cc21. The van der Waals surface area contributed by atoms with Crippen LogP contribution in [-0.4, -0.2) is 38.8 Å². The number of nitrogens with one attached hydrogen (secondary N) is 1. The zero-order chi connectivity index (χ0) is 22.3. The topological polar surface area (TPSA) is 93.4 Å². The summed E-state index contributed by atoms with van der Waals surface area (Å²) >= 11 is 5.95. The number of hydrogen-bond donors (Lipinski definition) is 1. The first-order valence-corrected chi connectivity index (χ1v) is 9.24. The average Bonchev–Trinajstić information content (AvgIpc) is 3.20. The summed E-state index contributed by atoms with van der Waals surface area (Å²) in [5.74, 6) is -1.39. The van der Waals surface area contributed by atoms with Crippen LogP contribution in [0.1, 0.15) is 5.82 Å². The largest absolute Gasteiger partial charge is 0.573 e. The molecule has 0 unspecified atom stereocenters. The fraction of sp³-hybridized carbons (Fsp3) is 0.211. The summed E-state index contributed by atoms with van der Waals surface area (Å²) in [4.78, 5) is 33.5. The first-order chi connectivity index (χ1) is 14.6. The summed E-state index contributed by atoms with van der Waals surface area (Å²) in [6, 6.07) is 8.30. The van der Waals surface area contributed by atoms with E-state index in [2.05, 4.69) is 14.7 Å². The first-order valence-electron chi connectivity index (χ1n) is 8.86. The Morgan fingerprint density at radius 2 is 2.06 bits per heavy atom. The molecule has 2 heterocycles. The van der Waals surface area contributed by atoms with E-state index in [4.69, 9.17) is 16.0 Å². The molecule has 0 saturated carbocycles. The second kappa shape index (κ2) is 7.65. The molecule has 4 rings (SSSR count). The Kier molecular flexibility index (Phi) is 5.13. The number of hydrogen-bond acceptors (Lipinski definition) is 5. The van der Waals surface area contributed by atoms with E-state index >= 15 is 0 Å². The van der Waals surface area contributed by atoms with Crippen LogP contribution in [0.4, 0.5) is 13.2 Å². The van der Waals surface area contributed by atoms with Gasteiger partial charge in [-0.25, -0.2) is 9.78 Å². The number of fused-ring (bicyclic) bond motifs is 2. The normalized spacial score (nSPS) is 11.9. The summed E-state index contributed by atoms with van der Waals surface area (Å²) < 4.78 is 47.2.